The lowest BCUT2D eigenvalue weighted by atomic mass is 10.1. The summed E-state index contributed by atoms with van der Waals surface area (Å²) in [6, 6.07) is 8.83. The molecular weight excluding hydrogens is 286 g/mol. The molecule has 2 aromatic rings. The van der Waals surface area contributed by atoms with Gasteiger partial charge in [0.15, 0.2) is 5.82 Å². The molecule has 0 aliphatic rings. The molecule has 2 rings (SSSR count). The third-order valence-corrected chi connectivity index (χ3v) is 2.89. The fraction of sp³-hybridized carbons (Fsp3) is 0.267. The molecule has 116 valence electrons. The summed E-state index contributed by atoms with van der Waals surface area (Å²) in [5, 5.41) is 8.70. The molecule has 0 spiro atoms. The van der Waals surface area contributed by atoms with E-state index in [1.165, 1.54) is 0 Å². The lowest BCUT2D eigenvalue weighted by Gasteiger charge is -2.08. The van der Waals surface area contributed by atoms with Crippen molar-refractivity contribution in [3.63, 3.8) is 0 Å². The Labute approximate surface area is 127 Å². The summed E-state index contributed by atoms with van der Waals surface area (Å²) >= 11 is 0. The second kappa shape index (κ2) is 7.26. The number of carbonyl (C=O) groups is 2. The van der Waals surface area contributed by atoms with Gasteiger partial charge in [-0.3, -0.25) is 9.59 Å². The van der Waals surface area contributed by atoms with Gasteiger partial charge in [0.25, 0.3) is 0 Å². The molecule has 0 bridgehead atoms. The molecule has 1 aromatic carbocycles. The van der Waals surface area contributed by atoms with Gasteiger partial charge in [-0.1, -0.05) is 23.4 Å². The zero-order chi connectivity index (χ0) is 15.9. The molecular formula is C15H17N3O4. The van der Waals surface area contributed by atoms with Crippen LogP contribution in [-0.2, 0) is 16.0 Å². The van der Waals surface area contributed by atoms with E-state index in [4.69, 9.17) is 9.26 Å². The monoisotopic (exact) mass is 303 g/mol. The summed E-state index contributed by atoms with van der Waals surface area (Å²) in [5.74, 6) is 0.912. The summed E-state index contributed by atoms with van der Waals surface area (Å²) in [7, 11) is 1.55. The predicted octanol–water partition coefficient (Wildman–Crippen LogP) is 1.29. The van der Waals surface area contributed by atoms with E-state index in [0.717, 1.165) is 5.56 Å². The van der Waals surface area contributed by atoms with Crippen LogP contribution in [0.2, 0.25) is 0 Å². The standard InChI is InChI=1S/C15H17N3O4/c1-10-7-13(18-22-10)17-15(20)9-16-14(19)8-11-5-3-4-6-12(11)21-2/h3-7H,8-9H2,1-2H3,(H,16,19)(H,17,18,20). The molecule has 1 heterocycles. The Bertz CT molecular complexity index is 666. The maximum Gasteiger partial charge on any atom is 0.245 e. The van der Waals surface area contributed by atoms with Crippen LogP contribution in [0.3, 0.4) is 0 Å². The maximum absolute atomic E-state index is 11.9. The van der Waals surface area contributed by atoms with Gasteiger partial charge in [0.05, 0.1) is 20.1 Å². The average molecular weight is 303 g/mol. The Balaban J connectivity index is 1.81. The third kappa shape index (κ3) is 4.34. The summed E-state index contributed by atoms with van der Waals surface area (Å²) in [6.45, 7) is 1.58. The Morgan fingerprint density at radius 3 is 2.73 bits per heavy atom. The van der Waals surface area contributed by atoms with Crippen molar-refractivity contribution in [2.45, 2.75) is 13.3 Å². The number of hydrogen-bond acceptors (Lipinski definition) is 5. The first-order chi connectivity index (χ1) is 10.6. The summed E-state index contributed by atoms with van der Waals surface area (Å²) in [4.78, 5) is 23.5. The number of ether oxygens (including phenoxy) is 1. The average Bonchev–Trinajstić information content (AvgIpc) is 2.91. The van der Waals surface area contributed by atoms with E-state index in [9.17, 15) is 9.59 Å². The van der Waals surface area contributed by atoms with Crippen molar-refractivity contribution in [2.75, 3.05) is 19.0 Å². The van der Waals surface area contributed by atoms with Gasteiger partial charge in [-0.25, -0.2) is 0 Å². The first-order valence-electron chi connectivity index (χ1n) is 6.70. The predicted molar refractivity (Wildman–Crippen MR) is 79.6 cm³/mol. The fourth-order valence-electron chi connectivity index (χ4n) is 1.88. The normalized spacial score (nSPS) is 10.1. The number of carbonyl (C=O) groups excluding carboxylic acids is 2. The number of rotatable bonds is 6. The van der Waals surface area contributed by atoms with Crippen molar-refractivity contribution in [3.05, 3.63) is 41.7 Å². The maximum atomic E-state index is 11.9. The molecule has 0 fully saturated rings. The van der Waals surface area contributed by atoms with Crippen LogP contribution in [0.15, 0.2) is 34.9 Å². The van der Waals surface area contributed by atoms with E-state index in [2.05, 4.69) is 15.8 Å². The van der Waals surface area contributed by atoms with Gasteiger partial charge in [-0.2, -0.15) is 0 Å². The van der Waals surface area contributed by atoms with Crippen LogP contribution in [0.5, 0.6) is 5.75 Å². The van der Waals surface area contributed by atoms with Crippen molar-refractivity contribution >= 4 is 17.6 Å². The van der Waals surface area contributed by atoms with Crippen LogP contribution < -0.4 is 15.4 Å². The molecule has 7 nitrogen and oxygen atoms in total. The van der Waals surface area contributed by atoms with Crippen LogP contribution in [-0.4, -0.2) is 30.6 Å². The quantitative estimate of drug-likeness (QED) is 0.838. The highest BCUT2D eigenvalue weighted by Crippen LogP contribution is 2.17. The van der Waals surface area contributed by atoms with Crippen molar-refractivity contribution in [3.8, 4) is 5.75 Å². The lowest BCUT2D eigenvalue weighted by Crippen LogP contribution is -2.33. The van der Waals surface area contributed by atoms with Gasteiger partial charge < -0.3 is 19.9 Å². The van der Waals surface area contributed by atoms with E-state index in [1.807, 2.05) is 12.1 Å². The van der Waals surface area contributed by atoms with Crippen molar-refractivity contribution in [1.29, 1.82) is 0 Å². The lowest BCUT2D eigenvalue weighted by molar-refractivity contribution is -0.123. The number of hydrogen-bond donors (Lipinski definition) is 2. The number of nitrogens with zero attached hydrogens (tertiary/aromatic N) is 1. The Hall–Kier alpha value is -2.83. The van der Waals surface area contributed by atoms with Gasteiger partial charge >= 0.3 is 0 Å². The minimum Gasteiger partial charge on any atom is -0.496 e. The second-order valence-corrected chi connectivity index (χ2v) is 4.64. The summed E-state index contributed by atoms with van der Waals surface area (Å²) in [5.41, 5.74) is 0.759. The SMILES string of the molecule is COc1ccccc1CC(=O)NCC(=O)Nc1cc(C)on1. The van der Waals surface area contributed by atoms with Crippen molar-refractivity contribution < 1.29 is 18.8 Å². The number of amides is 2. The van der Waals surface area contributed by atoms with Crippen LogP contribution in [0, 0.1) is 6.92 Å². The topological polar surface area (TPSA) is 93.5 Å². The second-order valence-electron chi connectivity index (χ2n) is 4.64. The van der Waals surface area contributed by atoms with Crippen LogP contribution in [0.25, 0.3) is 0 Å². The number of benzene rings is 1. The fourth-order valence-corrected chi connectivity index (χ4v) is 1.88. The van der Waals surface area contributed by atoms with E-state index >= 15 is 0 Å². The number of aryl methyl sites for hydroxylation is 1. The molecule has 2 amide bonds. The highest BCUT2D eigenvalue weighted by atomic mass is 16.5. The molecule has 2 N–H and O–H groups in total. The number of para-hydroxylation sites is 1. The smallest absolute Gasteiger partial charge is 0.245 e. The van der Waals surface area contributed by atoms with Crippen molar-refractivity contribution in [1.82, 2.24) is 10.5 Å². The number of anilines is 1. The molecule has 0 atom stereocenters. The number of nitrogens with one attached hydrogen (secondary N) is 2. The Morgan fingerprint density at radius 2 is 2.05 bits per heavy atom. The summed E-state index contributed by atoms with van der Waals surface area (Å²) in [6.07, 6.45) is 0.139. The molecule has 0 aliphatic heterocycles. The Morgan fingerprint density at radius 1 is 1.27 bits per heavy atom. The number of aromatic nitrogens is 1. The van der Waals surface area contributed by atoms with Gasteiger partial charge in [0, 0.05) is 11.6 Å². The molecule has 0 radical (unpaired) electrons. The van der Waals surface area contributed by atoms with Gasteiger partial charge in [0.1, 0.15) is 11.5 Å². The minimum atomic E-state index is -0.373. The summed E-state index contributed by atoms with van der Waals surface area (Å²) < 4.78 is 10.0. The zero-order valence-corrected chi connectivity index (χ0v) is 12.4. The van der Waals surface area contributed by atoms with Gasteiger partial charge in [-0.05, 0) is 13.0 Å². The molecule has 1 aromatic heterocycles. The van der Waals surface area contributed by atoms with E-state index in [0.29, 0.717) is 17.3 Å². The molecule has 0 unspecified atom stereocenters. The zero-order valence-electron chi connectivity index (χ0n) is 12.4. The molecule has 0 saturated carbocycles. The highest BCUT2D eigenvalue weighted by molar-refractivity contribution is 5.94. The van der Waals surface area contributed by atoms with Crippen LogP contribution in [0.1, 0.15) is 11.3 Å². The van der Waals surface area contributed by atoms with E-state index < -0.39 is 0 Å². The van der Waals surface area contributed by atoms with Gasteiger partial charge in [-0.15, -0.1) is 0 Å². The molecule has 22 heavy (non-hydrogen) atoms. The van der Waals surface area contributed by atoms with Gasteiger partial charge in [0.2, 0.25) is 11.8 Å². The largest absolute Gasteiger partial charge is 0.496 e. The van der Waals surface area contributed by atoms with Crippen LogP contribution in [0.4, 0.5) is 5.82 Å². The Kier molecular flexibility index (Phi) is 5.13. The van der Waals surface area contributed by atoms with Crippen molar-refractivity contribution in [2.24, 2.45) is 0 Å². The molecule has 0 saturated heterocycles. The molecule has 0 aliphatic carbocycles. The highest BCUT2D eigenvalue weighted by Gasteiger charge is 2.11. The molecule has 7 heteroatoms. The van der Waals surface area contributed by atoms with E-state index in [1.54, 1.807) is 32.2 Å². The third-order valence-electron chi connectivity index (χ3n) is 2.89. The minimum absolute atomic E-state index is 0.139. The number of methoxy groups -OCH3 is 1. The first kappa shape index (κ1) is 15.6. The van der Waals surface area contributed by atoms with E-state index in [-0.39, 0.29) is 24.8 Å². The first-order valence-corrected chi connectivity index (χ1v) is 6.70. The van der Waals surface area contributed by atoms with Crippen LogP contribution >= 0.6 is 0 Å².